The van der Waals surface area contributed by atoms with Crippen LogP contribution in [0.1, 0.15) is 33.6 Å². The van der Waals surface area contributed by atoms with Crippen LogP contribution in [-0.2, 0) is 4.74 Å². The summed E-state index contributed by atoms with van der Waals surface area (Å²) in [6, 6.07) is 0. The molecular formula is C24H33FO. The van der Waals surface area contributed by atoms with Crippen molar-refractivity contribution in [2.75, 3.05) is 7.11 Å². The van der Waals surface area contributed by atoms with Crippen LogP contribution in [0.25, 0.3) is 0 Å². The first-order valence-electron chi connectivity index (χ1n) is 8.55. The highest BCUT2D eigenvalue weighted by Gasteiger charge is 2.05. The van der Waals surface area contributed by atoms with E-state index in [4.69, 9.17) is 4.74 Å². The maximum Gasteiger partial charge on any atom is 0.131 e. The first-order valence-corrected chi connectivity index (χ1v) is 8.55. The number of ether oxygens (including phenoxy) is 1. The molecule has 0 N–H and O–H groups in total. The van der Waals surface area contributed by atoms with E-state index < -0.39 is 5.83 Å². The van der Waals surface area contributed by atoms with E-state index in [2.05, 4.69) is 53.3 Å². The van der Waals surface area contributed by atoms with Crippen molar-refractivity contribution in [3.8, 4) is 0 Å². The summed E-state index contributed by atoms with van der Waals surface area (Å²) in [5, 5.41) is 0. The molecule has 26 heavy (non-hydrogen) atoms. The molecule has 142 valence electrons. The van der Waals surface area contributed by atoms with Crippen molar-refractivity contribution < 1.29 is 9.13 Å². The van der Waals surface area contributed by atoms with Crippen molar-refractivity contribution in [3.05, 3.63) is 109 Å². The zero-order valence-electron chi connectivity index (χ0n) is 16.8. The van der Waals surface area contributed by atoms with Gasteiger partial charge in [-0.2, -0.15) is 0 Å². The van der Waals surface area contributed by atoms with Crippen LogP contribution in [0.2, 0.25) is 0 Å². The van der Waals surface area contributed by atoms with Gasteiger partial charge in [0.2, 0.25) is 0 Å². The third-order valence-corrected chi connectivity index (χ3v) is 3.10. The first-order chi connectivity index (χ1) is 12.1. The van der Waals surface area contributed by atoms with Gasteiger partial charge in [-0.05, 0) is 35.3 Å². The van der Waals surface area contributed by atoms with Crippen LogP contribution in [0.3, 0.4) is 0 Å². The highest BCUT2D eigenvalue weighted by Crippen LogP contribution is 2.22. The molecule has 0 spiro atoms. The summed E-state index contributed by atoms with van der Waals surface area (Å²) in [5.41, 5.74) is 2.62. The second-order valence-corrected chi connectivity index (χ2v) is 5.60. The molecule has 0 aromatic carbocycles. The SMILES string of the molecule is C=C(/C=C\C(=C)C(=C)/C=C(/F)C(=C)C(=C)/C=C\C(=C)OC)CC.CCC. The van der Waals surface area contributed by atoms with Gasteiger partial charge in [-0.1, -0.05) is 90.5 Å². The minimum absolute atomic E-state index is 0.168. The topological polar surface area (TPSA) is 9.23 Å². The van der Waals surface area contributed by atoms with Crippen molar-refractivity contribution in [2.24, 2.45) is 0 Å². The lowest BCUT2D eigenvalue weighted by atomic mass is 10.0. The Bertz CT molecular complexity index is 639. The Morgan fingerprint density at radius 3 is 1.77 bits per heavy atom. The van der Waals surface area contributed by atoms with Gasteiger partial charge in [0.05, 0.1) is 7.11 Å². The number of methoxy groups -OCH3 is 1. The van der Waals surface area contributed by atoms with Crippen LogP contribution in [0.5, 0.6) is 0 Å². The zero-order valence-corrected chi connectivity index (χ0v) is 16.8. The van der Waals surface area contributed by atoms with Crippen LogP contribution in [-0.4, -0.2) is 7.11 Å². The van der Waals surface area contributed by atoms with Crippen LogP contribution in [0, 0.1) is 0 Å². The molecule has 0 aliphatic heterocycles. The monoisotopic (exact) mass is 356 g/mol. The second-order valence-electron chi connectivity index (χ2n) is 5.60. The molecular weight excluding hydrogens is 323 g/mol. The summed E-state index contributed by atoms with van der Waals surface area (Å²) >= 11 is 0. The summed E-state index contributed by atoms with van der Waals surface area (Å²) in [6.45, 7) is 28.9. The highest BCUT2D eigenvalue weighted by molar-refractivity contribution is 5.52. The molecule has 0 heterocycles. The molecule has 0 bridgehead atoms. The third kappa shape index (κ3) is 11.9. The Labute approximate surface area is 159 Å². The Morgan fingerprint density at radius 2 is 1.31 bits per heavy atom. The van der Waals surface area contributed by atoms with E-state index in [9.17, 15) is 4.39 Å². The molecule has 2 heteroatoms. The normalized spacial score (nSPS) is 10.9. The fraction of sp³-hybridized carbons (Fsp3) is 0.250. The number of halogens is 1. The number of allylic oxidation sites excluding steroid dienone is 11. The summed E-state index contributed by atoms with van der Waals surface area (Å²) in [5.74, 6) is -0.0704. The molecule has 1 nitrogen and oxygen atoms in total. The standard InChI is InChI=1S/C21H25FO.C3H8/c1-9-15(2)10-11-16(3)18(5)14-21(22)20(7)17(4)12-13-19(6)23-8;1-3-2/h10-14H,2-7,9H2,1,8H3;3H2,1-2H3/b11-10-,13-12-,21-14+;. The maximum atomic E-state index is 14.2. The zero-order chi connectivity index (χ0) is 20.7. The molecule has 0 aromatic heterocycles. The minimum Gasteiger partial charge on any atom is -0.497 e. The summed E-state index contributed by atoms with van der Waals surface area (Å²) in [6.07, 6.45) is 10.2. The van der Waals surface area contributed by atoms with Crippen LogP contribution in [0.4, 0.5) is 4.39 Å². The van der Waals surface area contributed by atoms with Gasteiger partial charge in [-0.15, -0.1) is 0 Å². The molecule has 0 fully saturated rings. The maximum absolute atomic E-state index is 14.2. The van der Waals surface area contributed by atoms with E-state index in [1.54, 1.807) is 18.2 Å². The predicted octanol–water partition coefficient (Wildman–Crippen LogP) is 7.72. The van der Waals surface area contributed by atoms with E-state index in [0.29, 0.717) is 22.5 Å². The molecule has 0 aliphatic carbocycles. The van der Waals surface area contributed by atoms with E-state index in [1.807, 2.05) is 13.0 Å². The number of hydrogen-bond acceptors (Lipinski definition) is 1. The van der Waals surface area contributed by atoms with Gasteiger partial charge in [-0.3, -0.25) is 0 Å². The van der Waals surface area contributed by atoms with Crippen molar-refractivity contribution in [1.82, 2.24) is 0 Å². The lowest BCUT2D eigenvalue weighted by Gasteiger charge is -2.05. The van der Waals surface area contributed by atoms with Gasteiger partial charge in [-0.25, -0.2) is 4.39 Å². The summed E-state index contributed by atoms with van der Waals surface area (Å²) in [4.78, 5) is 0. The average molecular weight is 357 g/mol. The largest absolute Gasteiger partial charge is 0.497 e. The van der Waals surface area contributed by atoms with Crippen LogP contribution >= 0.6 is 0 Å². The Balaban J connectivity index is 0. The van der Waals surface area contributed by atoms with E-state index in [1.165, 1.54) is 19.6 Å². The average Bonchev–Trinajstić information content (AvgIpc) is 2.62. The smallest absolute Gasteiger partial charge is 0.131 e. The molecule has 0 amide bonds. The second kappa shape index (κ2) is 14.7. The third-order valence-electron chi connectivity index (χ3n) is 3.10. The molecule has 0 unspecified atom stereocenters. The van der Waals surface area contributed by atoms with Crippen molar-refractivity contribution in [2.45, 2.75) is 33.6 Å². The quantitative estimate of drug-likeness (QED) is 0.287. The molecule has 0 aliphatic rings. The fourth-order valence-electron chi connectivity index (χ4n) is 1.29. The molecule has 0 aromatic rings. The molecule has 0 saturated heterocycles. The van der Waals surface area contributed by atoms with Crippen molar-refractivity contribution in [3.63, 3.8) is 0 Å². The van der Waals surface area contributed by atoms with Crippen molar-refractivity contribution in [1.29, 1.82) is 0 Å². The van der Waals surface area contributed by atoms with Gasteiger partial charge in [0.15, 0.2) is 0 Å². The van der Waals surface area contributed by atoms with Crippen molar-refractivity contribution >= 4 is 0 Å². The van der Waals surface area contributed by atoms with E-state index in [0.717, 1.165) is 12.0 Å². The Morgan fingerprint density at radius 1 is 0.808 bits per heavy atom. The minimum atomic E-state index is -0.517. The van der Waals surface area contributed by atoms with Gasteiger partial charge in [0.1, 0.15) is 11.6 Å². The number of rotatable bonds is 10. The molecule has 0 rings (SSSR count). The van der Waals surface area contributed by atoms with Gasteiger partial charge in [0, 0.05) is 5.57 Å². The molecule has 0 saturated carbocycles. The Hall–Kier alpha value is -2.61. The predicted molar refractivity (Wildman–Crippen MR) is 116 cm³/mol. The summed E-state index contributed by atoms with van der Waals surface area (Å²) in [7, 11) is 1.50. The van der Waals surface area contributed by atoms with Crippen LogP contribution < -0.4 is 0 Å². The molecule has 0 atom stereocenters. The summed E-state index contributed by atoms with van der Waals surface area (Å²) < 4.78 is 19.1. The fourth-order valence-corrected chi connectivity index (χ4v) is 1.29. The van der Waals surface area contributed by atoms with Gasteiger partial charge in [0.25, 0.3) is 0 Å². The number of hydrogen-bond donors (Lipinski definition) is 0. The van der Waals surface area contributed by atoms with Gasteiger partial charge < -0.3 is 4.74 Å². The van der Waals surface area contributed by atoms with Crippen LogP contribution in [0.15, 0.2) is 109 Å². The van der Waals surface area contributed by atoms with E-state index in [-0.39, 0.29) is 5.57 Å². The Kier molecular flexibility index (Phi) is 14.5. The molecule has 0 radical (unpaired) electrons. The van der Waals surface area contributed by atoms with Gasteiger partial charge >= 0.3 is 0 Å². The lowest BCUT2D eigenvalue weighted by molar-refractivity contribution is 0.309. The van der Waals surface area contributed by atoms with E-state index >= 15 is 0 Å². The first kappa shape index (κ1) is 25.6. The highest BCUT2D eigenvalue weighted by atomic mass is 19.1. The lowest BCUT2D eigenvalue weighted by Crippen LogP contribution is -1.88.